The highest BCUT2D eigenvalue weighted by Gasteiger charge is 2.20. The first-order valence-electron chi connectivity index (χ1n) is 5.66. The first-order valence-corrected chi connectivity index (χ1v) is 8.15. The minimum Gasteiger partial charge on any atom is -0.309 e. The van der Waals surface area contributed by atoms with E-state index < -0.39 is 0 Å². The minimum atomic E-state index is 0.326. The van der Waals surface area contributed by atoms with Gasteiger partial charge in [-0.3, -0.25) is 0 Å². The quantitative estimate of drug-likeness (QED) is 0.853. The molecule has 0 aliphatic heterocycles. The van der Waals surface area contributed by atoms with E-state index in [0.29, 0.717) is 6.04 Å². The Bertz CT molecular complexity index is 501. The Hall–Kier alpha value is -0.160. The average Bonchev–Trinajstić information content (AvgIpc) is 2.88. The second-order valence-corrected chi connectivity index (χ2v) is 7.53. The number of hydrogen-bond acceptors (Lipinski definition) is 3. The number of halogens is 1. The third kappa shape index (κ3) is 2.65. The lowest BCUT2D eigenvalue weighted by atomic mass is 10.0. The Kier molecular flexibility index (Phi) is 4.42. The lowest BCUT2D eigenvalue weighted by Gasteiger charge is -2.16. The van der Waals surface area contributed by atoms with Crippen molar-refractivity contribution >= 4 is 38.6 Å². The molecule has 0 aliphatic carbocycles. The third-order valence-electron chi connectivity index (χ3n) is 2.95. The Morgan fingerprint density at radius 3 is 2.76 bits per heavy atom. The highest BCUT2D eigenvalue weighted by atomic mass is 79.9. The first-order chi connectivity index (χ1) is 8.17. The van der Waals surface area contributed by atoms with Crippen molar-refractivity contribution in [3.05, 3.63) is 42.2 Å². The van der Waals surface area contributed by atoms with Crippen LogP contribution in [0.15, 0.2) is 21.3 Å². The van der Waals surface area contributed by atoms with E-state index in [1.165, 1.54) is 24.7 Å². The van der Waals surface area contributed by atoms with Crippen LogP contribution < -0.4 is 5.32 Å². The number of hydrogen-bond donors (Lipinski definition) is 1. The molecule has 1 atom stereocenters. The van der Waals surface area contributed by atoms with E-state index >= 15 is 0 Å². The van der Waals surface area contributed by atoms with Crippen LogP contribution in [0.5, 0.6) is 0 Å². The second kappa shape index (κ2) is 5.65. The Balaban J connectivity index is 2.43. The average molecular weight is 330 g/mol. The van der Waals surface area contributed by atoms with Gasteiger partial charge in [0.25, 0.3) is 0 Å². The molecule has 1 N–H and O–H groups in total. The SMILES string of the molecule is CCc1ccsc1C(NC)c1cc(Br)sc1C. The van der Waals surface area contributed by atoms with Crippen LogP contribution in [0, 0.1) is 6.92 Å². The summed E-state index contributed by atoms with van der Waals surface area (Å²) in [6.07, 6.45) is 1.10. The van der Waals surface area contributed by atoms with Crippen LogP contribution in [0.2, 0.25) is 0 Å². The summed E-state index contributed by atoms with van der Waals surface area (Å²) < 4.78 is 1.21. The van der Waals surface area contributed by atoms with E-state index in [1.807, 2.05) is 18.4 Å². The molecule has 0 saturated carbocycles. The van der Waals surface area contributed by atoms with Gasteiger partial charge in [-0.25, -0.2) is 0 Å². The van der Waals surface area contributed by atoms with Crippen LogP contribution >= 0.6 is 38.6 Å². The molecule has 2 rings (SSSR count). The van der Waals surface area contributed by atoms with Gasteiger partial charge in [0.15, 0.2) is 0 Å². The number of rotatable bonds is 4. The molecule has 2 aromatic rings. The normalized spacial score (nSPS) is 12.9. The molecule has 0 bridgehead atoms. The molecule has 0 aliphatic rings. The van der Waals surface area contributed by atoms with Gasteiger partial charge in [-0.15, -0.1) is 22.7 Å². The first kappa shape index (κ1) is 13.3. The van der Waals surface area contributed by atoms with Gasteiger partial charge in [-0.1, -0.05) is 6.92 Å². The van der Waals surface area contributed by atoms with E-state index in [4.69, 9.17) is 0 Å². The summed E-state index contributed by atoms with van der Waals surface area (Å²) >= 11 is 7.22. The largest absolute Gasteiger partial charge is 0.309 e. The van der Waals surface area contributed by atoms with Crippen molar-refractivity contribution in [2.75, 3.05) is 7.05 Å². The van der Waals surface area contributed by atoms with Gasteiger partial charge < -0.3 is 5.32 Å². The van der Waals surface area contributed by atoms with Crippen molar-refractivity contribution < 1.29 is 0 Å². The van der Waals surface area contributed by atoms with Gasteiger partial charge in [0, 0.05) is 9.75 Å². The zero-order valence-electron chi connectivity index (χ0n) is 10.2. The molecule has 1 unspecified atom stereocenters. The molecular weight excluding hydrogens is 314 g/mol. The van der Waals surface area contributed by atoms with Crippen molar-refractivity contribution in [2.45, 2.75) is 26.3 Å². The van der Waals surface area contributed by atoms with E-state index in [2.05, 4.69) is 52.6 Å². The summed E-state index contributed by atoms with van der Waals surface area (Å²) in [6.45, 7) is 4.41. The predicted molar refractivity (Wildman–Crippen MR) is 81.4 cm³/mol. The Labute approximate surface area is 119 Å². The minimum absolute atomic E-state index is 0.326. The zero-order chi connectivity index (χ0) is 12.4. The smallest absolute Gasteiger partial charge is 0.0704 e. The van der Waals surface area contributed by atoms with Crippen molar-refractivity contribution in [3.8, 4) is 0 Å². The highest BCUT2D eigenvalue weighted by molar-refractivity contribution is 9.11. The summed E-state index contributed by atoms with van der Waals surface area (Å²) in [4.78, 5) is 2.83. The van der Waals surface area contributed by atoms with E-state index in [9.17, 15) is 0 Å². The highest BCUT2D eigenvalue weighted by Crippen LogP contribution is 2.36. The summed E-state index contributed by atoms with van der Waals surface area (Å²) in [5, 5.41) is 5.64. The standard InChI is InChI=1S/C13H16BrNS2/c1-4-9-5-6-16-13(9)12(15-3)10-7-11(14)17-8(10)2/h5-7,12,15H,4H2,1-3H3. The molecule has 17 heavy (non-hydrogen) atoms. The molecule has 92 valence electrons. The topological polar surface area (TPSA) is 12.0 Å². The molecule has 0 radical (unpaired) electrons. The number of aryl methyl sites for hydroxylation is 2. The van der Waals surface area contributed by atoms with Crippen LogP contribution in [0.1, 0.15) is 33.8 Å². The predicted octanol–water partition coefficient (Wildman–Crippen LogP) is 4.75. The van der Waals surface area contributed by atoms with Crippen molar-refractivity contribution in [1.29, 1.82) is 0 Å². The Morgan fingerprint density at radius 1 is 1.47 bits per heavy atom. The molecule has 0 saturated heterocycles. The van der Waals surface area contributed by atoms with Crippen LogP contribution in [-0.2, 0) is 6.42 Å². The molecule has 4 heteroatoms. The van der Waals surface area contributed by atoms with Gasteiger partial charge >= 0.3 is 0 Å². The van der Waals surface area contributed by atoms with Crippen LogP contribution in [0.3, 0.4) is 0 Å². The zero-order valence-corrected chi connectivity index (χ0v) is 13.4. The summed E-state index contributed by atoms with van der Waals surface area (Å²) in [7, 11) is 2.04. The fraction of sp³-hybridized carbons (Fsp3) is 0.385. The van der Waals surface area contributed by atoms with Gasteiger partial charge in [0.1, 0.15) is 0 Å². The summed E-state index contributed by atoms with van der Waals surface area (Å²) in [6, 6.07) is 4.80. The van der Waals surface area contributed by atoms with E-state index in [0.717, 1.165) is 6.42 Å². The van der Waals surface area contributed by atoms with Gasteiger partial charge in [0.05, 0.1) is 9.83 Å². The number of nitrogens with one attached hydrogen (secondary N) is 1. The molecule has 1 nitrogen and oxygen atoms in total. The van der Waals surface area contributed by atoms with Crippen molar-refractivity contribution in [2.24, 2.45) is 0 Å². The second-order valence-electron chi connectivity index (χ2n) is 3.95. The third-order valence-corrected chi connectivity index (χ3v) is 5.54. The van der Waals surface area contributed by atoms with Gasteiger partial charge in [0.2, 0.25) is 0 Å². The van der Waals surface area contributed by atoms with Crippen LogP contribution in [-0.4, -0.2) is 7.05 Å². The van der Waals surface area contributed by atoms with E-state index in [1.54, 1.807) is 11.3 Å². The van der Waals surface area contributed by atoms with Gasteiger partial charge in [-0.2, -0.15) is 0 Å². The Morgan fingerprint density at radius 2 is 2.24 bits per heavy atom. The summed E-state index contributed by atoms with van der Waals surface area (Å²) in [5.74, 6) is 0. The molecule has 2 heterocycles. The van der Waals surface area contributed by atoms with Crippen molar-refractivity contribution in [3.63, 3.8) is 0 Å². The van der Waals surface area contributed by atoms with E-state index in [-0.39, 0.29) is 0 Å². The van der Waals surface area contributed by atoms with Gasteiger partial charge in [-0.05, 0) is 65.0 Å². The molecule has 2 aromatic heterocycles. The molecular formula is C13H16BrNS2. The maximum atomic E-state index is 3.57. The van der Waals surface area contributed by atoms with Crippen LogP contribution in [0.25, 0.3) is 0 Å². The molecule has 0 fully saturated rings. The molecule has 0 aromatic carbocycles. The lowest BCUT2D eigenvalue weighted by Crippen LogP contribution is -2.17. The summed E-state index contributed by atoms with van der Waals surface area (Å²) in [5.41, 5.74) is 2.84. The molecule has 0 spiro atoms. The molecule has 0 amide bonds. The fourth-order valence-corrected chi connectivity index (χ4v) is 4.94. The monoisotopic (exact) mass is 329 g/mol. The fourth-order valence-electron chi connectivity index (χ4n) is 2.07. The maximum Gasteiger partial charge on any atom is 0.0704 e. The van der Waals surface area contributed by atoms with Crippen LogP contribution in [0.4, 0.5) is 0 Å². The number of thiophene rings is 2. The lowest BCUT2D eigenvalue weighted by molar-refractivity contribution is 0.696. The van der Waals surface area contributed by atoms with Crippen molar-refractivity contribution in [1.82, 2.24) is 5.32 Å². The maximum absolute atomic E-state index is 3.57.